The van der Waals surface area contributed by atoms with Gasteiger partial charge in [-0.1, -0.05) is 0 Å². The first-order valence-corrected chi connectivity index (χ1v) is 5.51. The van der Waals surface area contributed by atoms with Crippen LogP contribution in [0.1, 0.15) is 26.7 Å². The summed E-state index contributed by atoms with van der Waals surface area (Å²) in [6.45, 7) is 5.13. The Labute approximate surface area is 110 Å². The lowest BCUT2D eigenvalue weighted by Crippen LogP contribution is -2.34. The van der Waals surface area contributed by atoms with Gasteiger partial charge in [0.15, 0.2) is 0 Å². The number of hydrogen-bond acceptors (Lipinski definition) is 6. The highest BCUT2D eigenvalue weighted by Gasteiger charge is 2.20. The monoisotopic (exact) mass is 268 g/mol. The minimum absolute atomic E-state index is 0.126. The van der Waals surface area contributed by atoms with Crippen molar-refractivity contribution in [2.75, 3.05) is 7.11 Å². The zero-order chi connectivity index (χ0) is 14.5. The van der Waals surface area contributed by atoms with Crippen molar-refractivity contribution in [3.63, 3.8) is 0 Å². The Morgan fingerprint density at radius 2 is 2.11 bits per heavy atom. The molecule has 1 amide bonds. The molecule has 0 spiro atoms. The predicted molar refractivity (Wildman–Crippen MR) is 65.9 cm³/mol. The van der Waals surface area contributed by atoms with E-state index in [1.807, 2.05) is 0 Å². The third kappa shape index (κ3) is 5.24. The van der Waals surface area contributed by atoms with E-state index >= 15 is 0 Å². The number of carbonyl (C=O) groups is 2. The second-order valence-corrected chi connectivity index (χ2v) is 4.55. The fourth-order valence-electron chi connectivity index (χ4n) is 1.10. The molecule has 19 heavy (non-hydrogen) atoms. The van der Waals surface area contributed by atoms with Crippen LogP contribution in [0.5, 0.6) is 0 Å². The standard InChI is InChI=1S/C12H16N2O5/c1-12(2,3)19-11(16)14-8(10(15)17-4)7-9-13-5-6-18-9/h5-7H,1-4H3,(H,14,16)/b8-7+. The summed E-state index contributed by atoms with van der Waals surface area (Å²) in [6.07, 6.45) is 3.23. The van der Waals surface area contributed by atoms with Gasteiger partial charge in [0.2, 0.25) is 5.89 Å². The number of esters is 1. The van der Waals surface area contributed by atoms with E-state index in [1.54, 1.807) is 20.8 Å². The molecule has 7 nitrogen and oxygen atoms in total. The van der Waals surface area contributed by atoms with Gasteiger partial charge in [0.25, 0.3) is 0 Å². The highest BCUT2D eigenvalue weighted by molar-refractivity contribution is 5.96. The largest absolute Gasteiger partial charge is 0.464 e. The molecule has 0 aromatic carbocycles. The van der Waals surface area contributed by atoms with Crippen molar-refractivity contribution in [1.29, 1.82) is 0 Å². The van der Waals surface area contributed by atoms with Crippen LogP contribution in [0.15, 0.2) is 22.6 Å². The molecule has 0 aliphatic carbocycles. The molecule has 0 aliphatic heterocycles. The smallest absolute Gasteiger partial charge is 0.412 e. The molecular weight excluding hydrogens is 252 g/mol. The zero-order valence-corrected chi connectivity index (χ0v) is 11.2. The first kappa shape index (κ1) is 14.7. The molecule has 0 aliphatic rings. The number of carbonyl (C=O) groups excluding carboxylic acids is 2. The quantitative estimate of drug-likeness (QED) is 0.663. The highest BCUT2D eigenvalue weighted by Crippen LogP contribution is 2.09. The normalized spacial score (nSPS) is 11.9. The van der Waals surface area contributed by atoms with Crippen LogP contribution in [-0.4, -0.2) is 29.8 Å². The number of nitrogens with zero attached hydrogens (tertiary/aromatic N) is 1. The summed E-state index contributed by atoms with van der Waals surface area (Å²) in [4.78, 5) is 26.9. The summed E-state index contributed by atoms with van der Waals surface area (Å²) < 4.78 is 14.5. The molecule has 1 rings (SSSR count). The highest BCUT2D eigenvalue weighted by atomic mass is 16.6. The van der Waals surface area contributed by atoms with E-state index in [2.05, 4.69) is 15.0 Å². The number of hydrogen-bond donors (Lipinski definition) is 1. The molecule has 0 saturated carbocycles. The van der Waals surface area contributed by atoms with Gasteiger partial charge in [-0.15, -0.1) is 0 Å². The van der Waals surface area contributed by atoms with Gasteiger partial charge in [-0.25, -0.2) is 14.6 Å². The first-order chi connectivity index (χ1) is 8.81. The summed E-state index contributed by atoms with van der Waals surface area (Å²) in [5.74, 6) is -0.569. The lowest BCUT2D eigenvalue weighted by atomic mass is 10.2. The fourth-order valence-corrected chi connectivity index (χ4v) is 1.10. The molecule has 0 fully saturated rings. The topological polar surface area (TPSA) is 90.7 Å². The van der Waals surface area contributed by atoms with Crippen LogP contribution in [0, 0.1) is 0 Å². The zero-order valence-electron chi connectivity index (χ0n) is 11.2. The van der Waals surface area contributed by atoms with Gasteiger partial charge < -0.3 is 13.9 Å². The minimum Gasteiger partial charge on any atom is -0.464 e. The van der Waals surface area contributed by atoms with Gasteiger partial charge in [-0.3, -0.25) is 5.32 Å². The first-order valence-electron chi connectivity index (χ1n) is 5.51. The Morgan fingerprint density at radius 1 is 1.42 bits per heavy atom. The minimum atomic E-state index is -0.768. The van der Waals surface area contributed by atoms with Gasteiger partial charge in [0.05, 0.1) is 13.3 Å². The average Bonchev–Trinajstić information content (AvgIpc) is 2.77. The van der Waals surface area contributed by atoms with Crippen LogP contribution in [0.25, 0.3) is 6.08 Å². The van der Waals surface area contributed by atoms with Gasteiger partial charge in [-0.2, -0.15) is 0 Å². The number of rotatable bonds is 3. The Bertz CT molecular complexity index is 471. The molecule has 1 aromatic heterocycles. The lowest BCUT2D eigenvalue weighted by Gasteiger charge is -2.19. The molecule has 0 bridgehead atoms. The molecular formula is C12H16N2O5. The summed E-state index contributed by atoms with van der Waals surface area (Å²) in [7, 11) is 1.20. The van der Waals surface area contributed by atoms with Crippen molar-refractivity contribution in [3.05, 3.63) is 24.0 Å². The summed E-state index contributed by atoms with van der Waals surface area (Å²) >= 11 is 0. The van der Waals surface area contributed by atoms with Crippen molar-refractivity contribution in [1.82, 2.24) is 10.3 Å². The predicted octanol–water partition coefficient (Wildman–Crippen LogP) is 1.71. The number of amides is 1. The number of aromatic nitrogens is 1. The molecule has 0 radical (unpaired) electrons. The number of methoxy groups -OCH3 is 1. The summed E-state index contributed by atoms with van der Waals surface area (Å²) in [6, 6.07) is 0. The van der Waals surface area contributed by atoms with Crippen molar-refractivity contribution >= 4 is 18.1 Å². The van der Waals surface area contributed by atoms with Gasteiger partial charge in [-0.05, 0) is 20.8 Å². The maximum atomic E-state index is 11.6. The summed E-state index contributed by atoms with van der Waals surface area (Å²) in [5.41, 5.74) is -0.798. The number of oxazole rings is 1. The number of nitrogens with one attached hydrogen (secondary N) is 1. The Balaban J connectivity index is 2.82. The third-order valence-electron chi connectivity index (χ3n) is 1.76. The number of alkyl carbamates (subject to hydrolysis) is 1. The molecule has 0 saturated heterocycles. The van der Waals surface area contributed by atoms with E-state index < -0.39 is 17.7 Å². The molecule has 1 heterocycles. The van der Waals surface area contributed by atoms with E-state index in [0.717, 1.165) is 0 Å². The molecule has 1 N–H and O–H groups in total. The van der Waals surface area contributed by atoms with Crippen LogP contribution in [0.2, 0.25) is 0 Å². The molecule has 1 aromatic rings. The van der Waals surface area contributed by atoms with Gasteiger partial charge in [0, 0.05) is 6.08 Å². The van der Waals surface area contributed by atoms with Crippen molar-refractivity contribution in [2.45, 2.75) is 26.4 Å². The number of ether oxygens (including phenoxy) is 2. The van der Waals surface area contributed by atoms with Crippen LogP contribution >= 0.6 is 0 Å². The maximum Gasteiger partial charge on any atom is 0.412 e. The average molecular weight is 268 g/mol. The maximum absolute atomic E-state index is 11.6. The Hall–Kier alpha value is -2.31. The van der Waals surface area contributed by atoms with Crippen molar-refractivity contribution < 1.29 is 23.5 Å². The Kier molecular flexibility index (Phi) is 4.68. The van der Waals surface area contributed by atoms with Crippen LogP contribution in [-0.2, 0) is 14.3 Å². The molecule has 7 heteroatoms. The van der Waals surface area contributed by atoms with Crippen LogP contribution in [0.3, 0.4) is 0 Å². The van der Waals surface area contributed by atoms with Gasteiger partial charge in [0.1, 0.15) is 17.6 Å². The van der Waals surface area contributed by atoms with Crippen molar-refractivity contribution in [3.8, 4) is 0 Å². The van der Waals surface area contributed by atoms with Crippen LogP contribution in [0.4, 0.5) is 4.79 Å². The van der Waals surface area contributed by atoms with E-state index in [9.17, 15) is 9.59 Å². The lowest BCUT2D eigenvalue weighted by molar-refractivity contribution is -0.136. The van der Waals surface area contributed by atoms with E-state index in [4.69, 9.17) is 9.15 Å². The SMILES string of the molecule is COC(=O)/C(=C\c1ncco1)NC(=O)OC(C)(C)C. The third-order valence-corrected chi connectivity index (χ3v) is 1.76. The van der Waals surface area contributed by atoms with Gasteiger partial charge >= 0.3 is 12.1 Å². The molecule has 104 valence electrons. The van der Waals surface area contributed by atoms with Crippen LogP contribution < -0.4 is 5.32 Å². The molecule has 0 unspecified atom stereocenters. The second-order valence-electron chi connectivity index (χ2n) is 4.55. The van der Waals surface area contributed by atoms with E-state index in [-0.39, 0.29) is 11.6 Å². The van der Waals surface area contributed by atoms with Crippen molar-refractivity contribution in [2.24, 2.45) is 0 Å². The molecule has 0 atom stereocenters. The van der Waals surface area contributed by atoms with E-state index in [1.165, 1.54) is 25.6 Å². The fraction of sp³-hybridized carbons (Fsp3) is 0.417. The van der Waals surface area contributed by atoms with E-state index in [0.29, 0.717) is 0 Å². The second kappa shape index (κ2) is 6.03. The summed E-state index contributed by atoms with van der Waals surface area (Å²) in [5, 5.41) is 2.29. The Morgan fingerprint density at radius 3 is 2.58 bits per heavy atom.